The monoisotopic (exact) mass is 294 g/mol. The number of benzene rings is 1. The number of hydrogen-bond acceptors (Lipinski definition) is 2. The first-order chi connectivity index (χ1) is 9.61. The van der Waals surface area contributed by atoms with E-state index in [0.717, 1.165) is 30.9 Å². The largest absolute Gasteiger partial charge is 0.370 e. The van der Waals surface area contributed by atoms with Crippen LogP contribution in [0.5, 0.6) is 0 Å². The molecule has 1 N–H and O–H groups in total. The van der Waals surface area contributed by atoms with Crippen LogP contribution in [0, 0.1) is 5.92 Å². The van der Waals surface area contributed by atoms with Gasteiger partial charge in [-0.05, 0) is 43.9 Å². The second-order valence-corrected chi connectivity index (χ2v) is 5.94. The molecule has 0 aliphatic carbocycles. The minimum absolute atomic E-state index is 0.0168. The maximum Gasteiger partial charge on any atom is 0.227 e. The fourth-order valence-electron chi connectivity index (χ4n) is 2.46. The van der Waals surface area contributed by atoms with Crippen molar-refractivity contribution < 1.29 is 4.79 Å². The Labute approximate surface area is 126 Å². The van der Waals surface area contributed by atoms with Crippen LogP contribution in [-0.2, 0) is 4.79 Å². The van der Waals surface area contributed by atoms with Crippen molar-refractivity contribution in [3.05, 3.63) is 23.2 Å². The van der Waals surface area contributed by atoms with E-state index < -0.39 is 0 Å². The van der Waals surface area contributed by atoms with Crippen molar-refractivity contribution in [2.75, 3.05) is 23.3 Å². The molecular weight excluding hydrogens is 272 g/mol. The summed E-state index contributed by atoms with van der Waals surface area (Å²) < 4.78 is 0. The molecule has 1 heterocycles. The summed E-state index contributed by atoms with van der Waals surface area (Å²) >= 11 is 6.08. The van der Waals surface area contributed by atoms with E-state index in [1.165, 1.54) is 19.3 Å². The highest BCUT2D eigenvalue weighted by atomic mass is 35.5. The Morgan fingerprint density at radius 1 is 1.35 bits per heavy atom. The number of carbonyl (C=O) groups excluding carboxylic acids is 1. The Bertz CT molecular complexity index is 470. The molecule has 1 fully saturated rings. The maximum atomic E-state index is 12.1. The second-order valence-electron chi connectivity index (χ2n) is 5.51. The van der Waals surface area contributed by atoms with Crippen molar-refractivity contribution in [3.8, 4) is 0 Å². The Morgan fingerprint density at radius 2 is 2.05 bits per heavy atom. The van der Waals surface area contributed by atoms with Gasteiger partial charge in [-0.1, -0.05) is 25.4 Å². The standard InChI is InChI=1S/C16H23ClN2O/c1-3-12(2)16(20)18-14-11-13(17)7-8-15(14)19-9-5-4-6-10-19/h7-8,11-12H,3-6,9-10H2,1-2H3,(H,18,20)/t12-/m1/s1. The topological polar surface area (TPSA) is 32.3 Å². The van der Waals surface area contributed by atoms with Crippen LogP contribution in [0.15, 0.2) is 18.2 Å². The first-order valence-electron chi connectivity index (χ1n) is 7.47. The third-order valence-electron chi connectivity index (χ3n) is 3.97. The van der Waals surface area contributed by atoms with Gasteiger partial charge < -0.3 is 10.2 Å². The summed E-state index contributed by atoms with van der Waals surface area (Å²) in [5.74, 6) is 0.0798. The molecule has 110 valence electrons. The summed E-state index contributed by atoms with van der Waals surface area (Å²) in [6.07, 6.45) is 4.55. The van der Waals surface area contributed by atoms with Crippen molar-refractivity contribution in [2.24, 2.45) is 5.92 Å². The molecule has 1 saturated heterocycles. The lowest BCUT2D eigenvalue weighted by Crippen LogP contribution is -2.31. The maximum absolute atomic E-state index is 12.1. The second kappa shape index (κ2) is 6.98. The molecule has 0 unspecified atom stereocenters. The smallest absolute Gasteiger partial charge is 0.227 e. The molecule has 1 atom stereocenters. The lowest BCUT2D eigenvalue weighted by Gasteiger charge is -2.30. The third kappa shape index (κ3) is 3.66. The summed E-state index contributed by atoms with van der Waals surface area (Å²) in [5.41, 5.74) is 1.93. The molecule has 1 amide bonds. The highest BCUT2D eigenvalue weighted by Gasteiger charge is 2.18. The lowest BCUT2D eigenvalue weighted by molar-refractivity contribution is -0.119. The number of piperidine rings is 1. The fraction of sp³-hybridized carbons (Fsp3) is 0.562. The molecule has 2 rings (SSSR count). The first kappa shape index (κ1) is 15.2. The van der Waals surface area contributed by atoms with E-state index in [1.807, 2.05) is 32.0 Å². The first-order valence-corrected chi connectivity index (χ1v) is 7.85. The number of amides is 1. The molecule has 1 aromatic rings. The van der Waals surface area contributed by atoms with Crippen molar-refractivity contribution in [2.45, 2.75) is 39.5 Å². The lowest BCUT2D eigenvalue weighted by atomic mass is 10.1. The van der Waals surface area contributed by atoms with Crippen LogP contribution in [0.3, 0.4) is 0 Å². The average Bonchev–Trinajstić information content (AvgIpc) is 2.47. The van der Waals surface area contributed by atoms with E-state index in [1.54, 1.807) is 0 Å². The molecule has 0 saturated carbocycles. The van der Waals surface area contributed by atoms with Gasteiger partial charge in [0, 0.05) is 24.0 Å². The van der Waals surface area contributed by atoms with Gasteiger partial charge in [0.1, 0.15) is 0 Å². The number of anilines is 2. The van der Waals surface area contributed by atoms with E-state index >= 15 is 0 Å². The van der Waals surface area contributed by atoms with E-state index in [9.17, 15) is 4.79 Å². The number of hydrogen-bond donors (Lipinski definition) is 1. The van der Waals surface area contributed by atoms with Crippen molar-refractivity contribution in [1.82, 2.24) is 0 Å². The van der Waals surface area contributed by atoms with Crippen molar-refractivity contribution in [1.29, 1.82) is 0 Å². The molecule has 20 heavy (non-hydrogen) atoms. The summed E-state index contributed by atoms with van der Waals surface area (Å²) in [4.78, 5) is 14.5. The minimum Gasteiger partial charge on any atom is -0.370 e. The molecule has 1 aromatic carbocycles. The van der Waals surface area contributed by atoms with Crippen LogP contribution in [-0.4, -0.2) is 19.0 Å². The van der Waals surface area contributed by atoms with Gasteiger partial charge >= 0.3 is 0 Å². The molecule has 0 aromatic heterocycles. The summed E-state index contributed by atoms with van der Waals surface area (Å²) in [7, 11) is 0. The quantitative estimate of drug-likeness (QED) is 0.897. The zero-order valence-corrected chi connectivity index (χ0v) is 13.0. The number of nitrogens with one attached hydrogen (secondary N) is 1. The molecule has 0 spiro atoms. The number of halogens is 1. The number of nitrogens with zero attached hydrogens (tertiary/aromatic N) is 1. The number of carbonyl (C=O) groups is 1. The number of rotatable bonds is 4. The van der Waals surface area contributed by atoms with Gasteiger partial charge in [0.05, 0.1) is 11.4 Å². The highest BCUT2D eigenvalue weighted by Crippen LogP contribution is 2.31. The highest BCUT2D eigenvalue weighted by molar-refractivity contribution is 6.31. The molecule has 4 heteroatoms. The average molecular weight is 295 g/mol. The summed E-state index contributed by atoms with van der Waals surface area (Å²) in [6.45, 7) is 6.07. The molecule has 1 aliphatic rings. The van der Waals surface area contributed by atoms with Crippen LogP contribution in [0.1, 0.15) is 39.5 Å². The van der Waals surface area contributed by atoms with Gasteiger partial charge in [0.25, 0.3) is 0 Å². The molecule has 1 aliphatic heterocycles. The van der Waals surface area contributed by atoms with Gasteiger partial charge in [-0.15, -0.1) is 0 Å². The Kier molecular flexibility index (Phi) is 5.30. The van der Waals surface area contributed by atoms with Crippen LogP contribution in [0.2, 0.25) is 5.02 Å². The molecular formula is C16H23ClN2O. The zero-order valence-electron chi connectivity index (χ0n) is 12.3. The van der Waals surface area contributed by atoms with E-state index in [0.29, 0.717) is 5.02 Å². The van der Waals surface area contributed by atoms with Crippen LogP contribution < -0.4 is 10.2 Å². The SMILES string of the molecule is CC[C@@H](C)C(=O)Nc1cc(Cl)ccc1N1CCCCC1. The van der Waals surface area contributed by atoms with Gasteiger partial charge in [0.15, 0.2) is 0 Å². The molecule has 0 bridgehead atoms. The van der Waals surface area contributed by atoms with Gasteiger partial charge in [-0.3, -0.25) is 4.79 Å². The van der Waals surface area contributed by atoms with Gasteiger partial charge in [-0.2, -0.15) is 0 Å². The Morgan fingerprint density at radius 3 is 2.70 bits per heavy atom. The van der Waals surface area contributed by atoms with Crippen LogP contribution in [0.4, 0.5) is 11.4 Å². The predicted octanol–water partition coefficient (Wildman–Crippen LogP) is 4.31. The summed E-state index contributed by atoms with van der Waals surface area (Å²) in [6, 6.07) is 5.76. The normalized spacial score (nSPS) is 16.9. The predicted molar refractivity (Wildman–Crippen MR) is 85.6 cm³/mol. The third-order valence-corrected chi connectivity index (χ3v) is 4.21. The zero-order chi connectivity index (χ0) is 14.5. The Hall–Kier alpha value is -1.22. The van der Waals surface area contributed by atoms with E-state index in [2.05, 4.69) is 10.2 Å². The van der Waals surface area contributed by atoms with Crippen LogP contribution >= 0.6 is 11.6 Å². The summed E-state index contributed by atoms with van der Waals surface area (Å²) in [5, 5.41) is 3.69. The Balaban J connectivity index is 2.21. The van der Waals surface area contributed by atoms with Crippen molar-refractivity contribution >= 4 is 28.9 Å². The van der Waals surface area contributed by atoms with Crippen LogP contribution in [0.25, 0.3) is 0 Å². The minimum atomic E-state index is 0.0168. The van der Waals surface area contributed by atoms with E-state index in [-0.39, 0.29) is 11.8 Å². The van der Waals surface area contributed by atoms with Gasteiger partial charge in [0.2, 0.25) is 5.91 Å². The molecule has 0 radical (unpaired) electrons. The molecule has 3 nitrogen and oxygen atoms in total. The van der Waals surface area contributed by atoms with E-state index in [4.69, 9.17) is 11.6 Å². The van der Waals surface area contributed by atoms with Crippen molar-refractivity contribution in [3.63, 3.8) is 0 Å². The van der Waals surface area contributed by atoms with Gasteiger partial charge in [-0.25, -0.2) is 0 Å². The fourth-order valence-corrected chi connectivity index (χ4v) is 2.63.